The van der Waals surface area contributed by atoms with Crippen molar-refractivity contribution in [3.05, 3.63) is 59.3 Å². The molecule has 0 aliphatic carbocycles. The van der Waals surface area contributed by atoms with Gasteiger partial charge < -0.3 is 10.1 Å². The van der Waals surface area contributed by atoms with Gasteiger partial charge in [-0.3, -0.25) is 0 Å². The molecule has 1 aromatic carbocycles. The maximum Gasteiger partial charge on any atom is 0.214 e. The molecule has 1 N–H and O–H groups in total. The molecule has 2 rings (SSSR count). The first-order valence-electron chi connectivity index (χ1n) is 7.09. The molecule has 3 nitrogen and oxygen atoms in total. The van der Waals surface area contributed by atoms with Crippen LogP contribution in [-0.2, 0) is 6.54 Å². The molecule has 20 heavy (non-hydrogen) atoms. The Hall–Kier alpha value is -1.87. The summed E-state index contributed by atoms with van der Waals surface area (Å²) in [6, 6.07) is 14.3. The summed E-state index contributed by atoms with van der Waals surface area (Å²) in [5.41, 5.74) is 3.34. The predicted molar refractivity (Wildman–Crippen MR) is 81.8 cm³/mol. The van der Waals surface area contributed by atoms with Crippen molar-refractivity contribution in [3.63, 3.8) is 0 Å². The Labute approximate surface area is 121 Å². The molecule has 1 heterocycles. The van der Waals surface area contributed by atoms with E-state index in [1.54, 1.807) is 0 Å². The van der Waals surface area contributed by atoms with Crippen LogP contribution in [0.5, 0.6) is 5.88 Å². The van der Waals surface area contributed by atoms with Crippen molar-refractivity contribution in [2.24, 2.45) is 0 Å². The van der Waals surface area contributed by atoms with Crippen molar-refractivity contribution in [2.45, 2.75) is 33.4 Å². The molecule has 0 fully saturated rings. The molecule has 0 spiro atoms. The number of ether oxygens (including phenoxy) is 1. The van der Waals surface area contributed by atoms with Gasteiger partial charge in [0.15, 0.2) is 0 Å². The number of aryl methyl sites for hydroxylation is 1. The minimum absolute atomic E-state index is 0.00233. The lowest BCUT2D eigenvalue weighted by Crippen LogP contribution is -2.12. The topological polar surface area (TPSA) is 34.2 Å². The predicted octanol–water partition coefficient (Wildman–Crippen LogP) is 3.64. The Morgan fingerprint density at radius 1 is 1.20 bits per heavy atom. The van der Waals surface area contributed by atoms with Crippen molar-refractivity contribution in [1.82, 2.24) is 10.3 Å². The van der Waals surface area contributed by atoms with Crippen molar-refractivity contribution in [3.8, 4) is 5.88 Å². The molecule has 2 aromatic rings. The fourth-order valence-corrected chi connectivity index (χ4v) is 2.11. The zero-order chi connectivity index (χ0) is 14.4. The van der Waals surface area contributed by atoms with Crippen molar-refractivity contribution < 1.29 is 4.74 Å². The van der Waals surface area contributed by atoms with Gasteiger partial charge in [0.1, 0.15) is 6.10 Å². The van der Waals surface area contributed by atoms with E-state index in [0.29, 0.717) is 5.88 Å². The third-order valence-corrected chi connectivity index (χ3v) is 3.14. The molecule has 0 aliphatic rings. The zero-order valence-corrected chi connectivity index (χ0v) is 12.4. The van der Waals surface area contributed by atoms with Crippen molar-refractivity contribution in [2.75, 3.05) is 6.54 Å². The molecule has 0 saturated carbocycles. The Kier molecular flexibility index (Phi) is 5.13. The number of rotatable bonds is 6. The quantitative estimate of drug-likeness (QED) is 0.870. The maximum absolute atomic E-state index is 5.96. The fraction of sp³-hybridized carbons (Fsp3) is 0.353. The number of pyridine rings is 1. The second-order valence-corrected chi connectivity index (χ2v) is 4.91. The summed E-state index contributed by atoms with van der Waals surface area (Å²) < 4.78 is 5.96. The van der Waals surface area contributed by atoms with E-state index < -0.39 is 0 Å². The van der Waals surface area contributed by atoms with E-state index in [2.05, 4.69) is 35.4 Å². The molecule has 0 bridgehead atoms. The van der Waals surface area contributed by atoms with Crippen LogP contribution in [0.3, 0.4) is 0 Å². The summed E-state index contributed by atoms with van der Waals surface area (Å²) in [6.45, 7) is 7.94. The molecule has 1 unspecified atom stereocenters. The largest absolute Gasteiger partial charge is 0.470 e. The lowest BCUT2D eigenvalue weighted by molar-refractivity contribution is 0.217. The average Bonchev–Trinajstić information content (AvgIpc) is 2.45. The van der Waals surface area contributed by atoms with Gasteiger partial charge in [0.25, 0.3) is 0 Å². The lowest BCUT2D eigenvalue weighted by atomic mass is 10.1. The monoisotopic (exact) mass is 270 g/mol. The van der Waals surface area contributed by atoms with Crippen LogP contribution >= 0.6 is 0 Å². The Morgan fingerprint density at radius 3 is 2.65 bits per heavy atom. The van der Waals surface area contributed by atoms with Crippen LogP contribution < -0.4 is 10.1 Å². The number of hydrogen-bond acceptors (Lipinski definition) is 3. The van der Waals surface area contributed by atoms with E-state index >= 15 is 0 Å². The van der Waals surface area contributed by atoms with Crippen LogP contribution in [0.2, 0.25) is 0 Å². The molecule has 3 heteroatoms. The zero-order valence-electron chi connectivity index (χ0n) is 12.4. The molecule has 106 valence electrons. The highest BCUT2D eigenvalue weighted by molar-refractivity contribution is 5.26. The number of nitrogens with zero attached hydrogens (tertiary/aromatic N) is 1. The van der Waals surface area contributed by atoms with Gasteiger partial charge in [-0.15, -0.1) is 0 Å². The van der Waals surface area contributed by atoms with E-state index in [1.807, 2.05) is 38.1 Å². The minimum Gasteiger partial charge on any atom is -0.470 e. The van der Waals surface area contributed by atoms with Crippen LogP contribution in [0.15, 0.2) is 42.5 Å². The molecular weight excluding hydrogens is 248 g/mol. The van der Waals surface area contributed by atoms with Crippen LogP contribution in [0.4, 0.5) is 0 Å². The van der Waals surface area contributed by atoms with Crippen LogP contribution in [0.1, 0.15) is 36.8 Å². The van der Waals surface area contributed by atoms with Gasteiger partial charge in [0.2, 0.25) is 5.88 Å². The highest BCUT2D eigenvalue weighted by atomic mass is 16.5. The maximum atomic E-state index is 5.96. The first-order valence-corrected chi connectivity index (χ1v) is 7.09. The van der Waals surface area contributed by atoms with Gasteiger partial charge in [0, 0.05) is 18.3 Å². The number of aromatic nitrogens is 1. The summed E-state index contributed by atoms with van der Waals surface area (Å²) >= 11 is 0. The van der Waals surface area contributed by atoms with E-state index in [1.165, 1.54) is 5.56 Å². The Morgan fingerprint density at radius 2 is 1.95 bits per heavy atom. The average molecular weight is 270 g/mol. The number of benzene rings is 1. The van der Waals surface area contributed by atoms with Gasteiger partial charge in [-0.2, -0.15) is 0 Å². The molecule has 0 aliphatic heterocycles. The van der Waals surface area contributed by atoms with Crippen LogP contribution in [-0.4, -0.2) is 11.5 Å². The van der Waals surface area contributed by atoms with Gasteiger partial charge in [0.05, 0.1) is 0 Å². The first-order chi connectivity index (χ1) is 9.69. The molecule has 0 radical (unpaired) electrons. The highest BCUT2D eigenvalue weighted by Gasteiger charge is 2.08. The van der Waals surface area contributed by atoms with Gasteiger partial charge >= 0.3 is 0 Å². The molecule has 1 aromatic heterocycles. The summed E-state index contributed by atoms with van der Waals surface area (Å²) in [7, 11) is 0. The molecule has 1 atom stereocenters. The Bertz CT molecular complexity index is 540. The molecule has 0 saturated heterocycles. The molecular formula is C17H22N2O. The molecule has 0 amide bonds. The Balaban J connectivity index is 2.10. The highest BCUT2D eigenvalue weighted by Crippen LogP contribution is 2.21. The van der Waals surface area contributed by atoms with E-state index in [-0.39, 0.29) is 6.10 Å². The fourth-order valence-electron chi connectivity index (χ4n) is 2.11. The minimum atomic E-state index is -0.00233. The van der Waals surface area contributed by atoms with Gasteiger partial charge in [-0.25, -0.2) is 4.98 Å². The second kappa shape index (κ2) is 7.06. The summed E-state index contributed by atoms with van der Waals surface area (Å²) in [4.78, 5) is 4.46. The SMILES string of the molecule is CCNCc1cc(C)nc(OC(C)c2ccccc2)c1. The number of nitrogens with one attached hydrogen (secondary N) is 1. The summed E-state index contributed by atoms with van der Waals surface area (Å²) in [6.07, 6.45) is -0.00233. The number of hydrogen-bond donors (Lipinski definition) is 1. The van der Waals surface area contributed by atoms with E-state index in [9.17, 15) is 0 Å². The first kappa shape index (κ1) is 14.5. The third-order valence-electron chi connectivity index (χ3n) is 3.14. The van der Waals surface area contributed by atoms with E-state index in [0.717, 1.165) is 24.3 Å². The second-order valence-electron chi connectivity index (χ2n) is 4.91. The van der Waals surface area contributed by atoms with Crippen molar-refractivity contribution in [1.29, 1.82) is 0 Å². The van der Waals surface area contributed by atoms with Crippen molar-refractivity contribution >= 4 is 0 Å². The van der Waals surface area contributed by atoms with Gasteiger partial charge in [-0.05, 0) is 37.6 Å². The lowest BCUT2D eigenvalue weighted by Gasteiger charge is -2.15. The van der Waals surface area contributed by atoms with E-state index in [4.69, 9.17) is 4.74 Å². The normalized spacial score (nSPS) is 12.2. The van der Waals surface area contributed by atoms with Crippen LogP contribution in [0.25, 0.3) is 0 Å². The smallest absolute Gasteiger partial charge is 0.214 e. The standard InChI is InChI=1S/C17H22N2O/c1-4-18-12-15-10-13(2)19-17(11-15)20-14(3)16-8-6-5-7-9-16/h5-11,14,18H,4,12H2,1-3H3. The van der Waals surface area contributed by atoms with Crippen LogP contribution in [0, 0.1) is 6.92 Å². The summed E-state index contributed by atoms with van der Waals surface area (Å²) in [5, 5.41) is 3.32. The third kappa shape index (κ3) is 4.07. The van der Waals surface area contributed by atoms with Gasteiger partial charge in [-0.1, -0.05) is 37.3 Å². The summed E-state index contributed by atoms with van der Waals surface area (Å²) in [5.74, 6) is 0.689.